The van der Waals surface area contributed by atoms with E-state index in [-0.39, 0.29) is 6.61 Å². The summed E-state index contributed by atoms with van der Waals surface area (Å²) in [5.41, 5.74) is 1.07. The molecule has 0 unspecified atom stereocenters. The Morgan fingerprint density at radius 1 is 1.33 bits per heavy atom. The molecule has 0 aliphatic carbocycles. The summed E-state index contributed by atoms with van der Waals surface area (Å²) in [6.45, 7) is 5.50. The van der Waals surface area contributed by atoms with Crippen LogP contribution < -0.4 is 4.74 Å². The van der Waals surface area contributed by atoms with Crippen LogP contribution in [0.5, 0.6) is 5.75 Å². The number of aliphatic hydroxyl groups is 1. The minimum absolute atomic E-state index is 0.0185. The molecule has 0 atom stereocenters. The van der Waals surface area contributed by atoms with E-state index in [2.05, 4.69) is 0 Å². The maximum atomic E-state index is 12.3. The van der Waals surface area contributed by atoms with Crippen molar-refractivity contribution in [3.63, 3.8) is 0 Å². The number of aromatic nitrogens is 1. The van der Waals surface area contributed by atoms with Crippen molar-refractivity contribution < 1.29 is 19.4 Å². The minimum atomic E-state index is -0.558. The summed E-state index contributed by atoms with van der Waals surface area (Å²) in [5, 5.41) is 10.1. The molecule has 0 bridgehead atoms. The number of hydrogen-bond acceptors (Lipinski definition) is 4. The lowest BCUT2D eigenvalue weighted by Gasteiger charge is -2.19. The SMILES string of the molecule is COc1ccc2c(c1)c(CCO)cn2C(=O)OC(C)(C)C. The maximum Gasteiger partial charge on any atom is 0.419 e. The summed E-state index contributed by atoms with van der Waals surface area (Å²) in [6.07, 6.45) is 1.76. The average Bonchev–Trinajstić information content (AvgIpc) is 2.75. The van der Waals surface area contributed by atoms with Gasteiger partial charge >= 0.3 is 6.09 Å². The molecule has 21 heavy (non-hydrogen) atoms. The molecule has 114 valence electrons. The van der Waals surface area contributed by atoms with E-state index in [1.807, 2.05) is 32.9 Å². The topological polar surface area (TPSA) is 60.7 Å². The Balaban J connectivity index is 2.51. The van der Waals surface area contributed by atoms with Crippen LogP contribution in [0.3, 0.4) is 0 Å². The van der Waals surface area contributed by atoms with Gasteiger partial charge in [0.15, 0.2) is 0 Å². The van der Waals surface area contributed by atoms with Gasteiger partial charge in [-0.15, -0.1) is 0 Å². The van der Waals surface area contributed by atoms with Crippen LogP contribution in [0.1, 0.15) is 26.3 Å². The number of hydrogen-bond donors (Lipinski definition) is 1. The van der Waals surface area contributed by atoms with E-state index >= 15 is 0 Å². The Hall–Kier alpha value is -2.01. The number of benzene rings is 1. The third-order valence-corrected chi connectivity index (χ3v) is 3.07. The molecule has 0 aliphatic heterocycles. The molecular formula is C16H21NO4. The van der Waals surface area contributed by atoms with Crippen LogP contribution in [0.4, 0.5) is 4.79 Å². The first-order valence-corrected chi connectivity index (χ1v) is 6.88. The molecule has 0 radical (unpaired) electrons. The molecular weight excluding hydrogens is 270 g/mol. The van der Waals surface area contributed by atoms with E-state index in [9.17, 15) is 9.90 Å². The van der Waals surface area contributed by atoms with Crippen LogP contribution in [0, 0.1) is 0 Å². The zero-order valence-corrected chi connectivity index (χ0v) is 12.8. The van der Waals surface area contributed by atoms with Crippen molar-refractivity contribution in [3.8, 4) is 5.75 Å². The molecule has 0 fully saturated rings. The monoisotopic (exact) mass is 291 g/mol. The molecule has 0 spiro atoms. The molecule has 0 aliphatic rings. The van der Waals surface area contributed by atoms with Crippen molar-refractivity contribution in [1.29, 1.82) is 0 Å². The number of carbonyl (C=O) groups is 1. The predicted molar refractivity (Wildman–Crippen MR) is 80.9 cm³/mol. The van der Waals surface area contributed by atoms with Gasteiger partial charge < -0.3 is 14.6 Å². The van der Waals surface area contributed by atoms with Crippen molar-refractivity contribution in [2.75, 3.05) is 13.7 Å². The zero-order chi connectivity index (χ0) is 15.6. The Morgan fingerprint density at radius 3 is 2.62 bits per heavy atom. The van der Waals surface area contributed by atoms with E-state index in [1.54, 1.807) is 19.4 Å². The average molecular weight is 291 g/mol. The fraction of sp³-hybridized carbons (Fsp3) is 0.438. The fourth-order valence-electron chi connectivity index (χ4n) is 2.19. The Labute approximate surface area is 124 Å². The van der Waals surface area contributed by atoms with Crippen molar-refractivity contribution in [3.05, 3.63) is 30.0 Å². The van der Waals surface area contributed by atoms with E-state index < -0.39 is 11.7 Å². The summed E-state index contributed by atoms with van der Waals surface area (Å²) in [5.74, 6) is 0.712. The fourth-order valence-corrected chi connectivity index (χ4v) is 2.19. The van der Waals surface area contributed by atoms with Gasteiger partial charge in [0.2, 0.25) is 0 Å². The van der Waals surface area contributed by atoms with Gasteiger partial charge in [-0.3, -0.25) is 4.57 Å². The van der Waals surface area contributed by atoms with E-state index in [0.29, 0.717) is 12.2 Å². The number of rotatable bonds is 3. The smallest absolute Gasteiger partial charge is 0.419 e. The summed E-state index contributed by atoms with van der Waals surface area (Å²) >= 11 is 0. The van der Waals surface area contributed by atoms with Gasteiger partial charge in [0.05, 0.1) is 12.6 Å². The van der Waals surface area contributed by atoms with Gasteiger partial charge in [0.1, 0.15) is 11.4 Å². The van der Waals surface area contributed by atoms with Crippen molar-refractivity contribution in [2.45, 2.75) is 32.8 Å². The lowest BCUT2D eigenvalue weighted by atomic mass is 10.1. The van der Waals surface area contributed by atoms with Gasteiger partial charge in [-0.05, 0) is 51.0 Å². The summed E-state index contributed by atoms with van der Waals surface area (Å²) in [7, 11) is 1.59. The summed E-state index contributed by atoms with van der Waals surface area (Å²) in [6, 6.07) is 5.48. The largest absolute Gasteiger partial charge is 0.497 e. The highest BCUT2D eigenvalue weighted by atomic mass is 16.6. The van der Waals surface area contributed by atoms with Gasteiger partial charge in [-0.1, -0.05) is 0 Å². The highest BCUT2D eigenvalue weighted by molar-refractivity contribution is 5.92. The third-order valence-electron chi connectivity index (χ3n) is 3.07. The number of ether oxygens (including phenoxy) is 2. The normalized spacial score (nSPS) is 11.7. The van der Waals surface area contributed by atoms with Crippen LogP contribution in [-0.2, 0) is 11.2 Å². The van der Waals surface area contributed by atoms with Gasteiger partial charge in [0, 0.05) is 18.2 Å². The van der Waals surface area contributed by atoms with Crippen LogP contribution in [0.2, 0.25) is 0 Å². The molecule has 1 heterocycles. The number of nitrogens with zero attached hydrogens (tertiary/aromatic N) is 1. The first-order valence-electron chi connectivity index (χ1n) is 6.88. The van der Waals surface area contributed by atoms with Crippen LogP contribution >= 0.6 is 0 Å². The molecule has 2 aromatic rings. The van der Waals surface area contributed by atoms with Crippen LogP contribution in [-0.4, -0.2) is 35.1 Å². The molecule has 0 saturated heterocycles. The zero-order valence-electron chi connectivity index (χ0n) is 12.8. The molecule has 0 amide bonds. The Morgan fingerprint density at radius 2 is 2.05 bits per heavy atom. The highest BCUT2D eigenvalue weighted by Crippen LogP contribution is 2.27. The second kappa shape index (κ2) is 5.77. The van der Waals surface area contributed by atoms with E-state index in [1.165, 1.54) is 4.57 Å². The Bertz CT molecular complexity index is 652. The number of carbonyl (C=O) groups excluding carboxylic acids is 1. The number of fused-ring (bicyclic) bond motifs is 1. The van der Waals surface area contributed by atoms with E-state index in [0.717, 1.165) is 16.5 Å². The third kappa shape index (κ3) is 3.36. The predicted octanol–water partition coefficient (Wildman–Crippen LogP) is 2.97. The Kier molecular flexibility index (Phi) is 4.23. The lowest BCUT2D eigenvalue weighted by Crippen LogP contribution is -2.26. The number of methoxy groups -OCH3 is 1. The molecule has 5 nitrogen and oxygen atoms in total. The van der Waals surface area contributed by atoms with Crippen molar-refractivity contribution in [1.82, 2.24) is 4.57 Å². The second-order valence-electron chi connectivity index (χ2n) is 5.86. The van der Waals surface area contributed by atoms with E-state index in [4.69, 9.17) is 9.47 Å². The van der Waals surface area contributed by atoms with Gasteiger partial charge in [0.25, 0.3) is 0 Å². The van der Waals surface area contributed by atoms with Crippen LogP contribution in [0.25, 0.3) is 10.9 Å². The first kappa shape index (κ1) is 15.4. The minimum Gasteiger partial charge on any atom is -0.497 e. The molecule has 1 aromatic heterocycles. The quantitative estimate of drug-likeness (QED) is 0.944. The lowest BCUT2D eigenvalue weighted by molar-refractivity contribution is 0.0544. The van der Waals surface area contributed by atoms with Crippen LogP contribution in [0.15, 0.2) is 24.4 Å². The highest BCUT2D eigenvalue weighted by Gasteiger charge is 2.20. The molecule has 2 rings (SSSR count). The molecule has 1 N–H and O–H groups in total. The molecule has 5 heteroatoms. The van der Waals surface area contributed by atoms with Crippen molar-refractivity contribution >= 4 is 17.0 Å². The molecule has 1 aromatic carbocycles. The second-order valence-corrected chi connectivity index (χ2v) is 5.86. The maximum absolute atomic E-state index is 12.3. The standard InChI is InChI=1S/C16H21NO4/c1-16(2,3)21-15(19)17-10-11(7-8-18)13-9-12(20-4)5-6-14(13)17/h5-6,9-10,18H,7-8H2,1-4H3. The molecule has 0 saturated carbocycles. The summed E-state index contributed by atoms with van der Waals surface area (Å²) in [4.78, 5) is 12.3. The summed E-state index contributed by atoms with van der Waals surface area (Å²) < 4.78 is 12.1. The van der Waals surface area contributed by atoms with Gasteiger partial charge in [-0.25, -0.2) is 4.79 Å². The number of aliphatic hydroxyl groups excluding tert-OH is 1. The first-order chi connectivity index (χ1) is 9.85. The van der Waals surface area contributed by atoms with Crippen molar-refractivity contribution in [2.24, 2.45) is 0 Å². The van der Waals surface area contributed by atoms with Gasteiger partial charge in [-0.2, -0.15) is 0 Å².